The quantitative estimate of drug-likeness (QED) is 0.102. The first-order valence-electron chi connectivity index (χ1n) is 16.7. The highest BCUT2D eigenvalue weighted by atomic mass is 32.5. The molecule has 0 radical (unpaired) electrons. The number of nitrogens with zero attached hydrogens (tertiary/aromatic N) is 7. The number of fused-ring (bicyclic) bond motifs is 3. The summed E-state index contributed by atoms with van der Waals surface area (Å²) in [4.78, 5) is 71.9. The van der Waals surface area contributed by atoms with Crippen LogP contribution in [0.25, 0.3) is 22.3 Å². The molecule has 10 atom stereocenters. The molecular weight excluding hydrogens is 773 g/mol. The van der Waals surface area contributed by atoms with Gasteiger partial charge in [0.05, 0.1) is 19.3 Å². The van der Waals surface area contributed by atoms with Gasteiger partial charge in [0.15, 0.2) is 58.5 Å². The van der Waals surface area contributed by atoms with Gasteiger partial charge in [0.1, 0.15) is 30.7 Å². The number of halogens is 2. The van der Waals surface area contributed by atoms with Crippen LogP contribution in [0, 0.1) is 5.92 Å². The molecule has 0 bridgehead atoms. The number of rotatable bonds is 11. The molecule has 2 aliphatic heterocycles. The number of aromatic nitrogens is 8. The zero-order valence-electron chi connectivity index (χ0n) is 28.5. The van der Waals surface area contributed by atoms with Crippen LogP contribution in [0.5, 0.6) is 0 Å². The molecule has 55 heavy (non-hydrogen) atoms. The molecule has 1 aliphatic carbocycles. The predicted octanol–water partition coefficient (Wildman–Crippen LogP) is 1.00. The number of aliphatic hydroxyl groups is 2. The molecule has 4 aromatic heterocycles. The van der Waals surface area contributed by atoms with Crippen LogP contribution in [0.4, 0.5) is 20.5 Å². The Morgan fingerprint density at radius 2 is 1.76 bits per heavy atom. The van der Waals surface area contributed by atoms with Crippen molar-refractivity contribution in [2.75, 3.05) is 17.2 Å². The SMILES string of the molecule is CC(C)C(=O)Nc1nc2c(ncn2[C@@H]2O[C@@H]3C(O)[C@]3(F)[C@@H]2OP(O)(=S)OC[C@H]2O[C@@H](n3cnc4c(NC(=O)c5ccccc5)ncnc43)[C@@H](F)[C@@H]2O)c(=O)[nH]1. The Balaban J connectivity index is 0.977. The van der Waals surface area contributed by atoms with Crippen LogP contribution in [0.15, 0.2) is 54.1 Å². The Labute approximate surface area is 312 Å². The Morgan fingerprint density at radius 1 is 1.05 bits per heavy atom. The summed E-state index contributed by atoms with van der Waals surface area (Å²) in [5, 5.41) is 26.2. The zero-order valence-corrected chi connectivity index (χ0v) is 30.2. The normalized spacial score (nSPS) is 29.7. The van der Waals surface area contributed by atoms with Gasteiger partial charge in [-0.1, -0.05) is 32.0 Å². The van der Waals surface area contributed by atoms with Crippen LogP contribution >= 0.6 is 6.72 Å². The van der Waals surface area contributed by atoms with Crippen LogP contribution in [0.1, 0.15) is 36.7 Å². The molecule has 5 aromatic rings. The number of carbonyl (C=O) groups excluding carboxylic acids is 2. The second kappa shape index (κ2) is 13.8. The second-order valence-electron chi connectivity index (χ2n) is 13.3. The number of imidazole rings is 2. The predicted molar refractivity (Wildman–Crippen MR) is 187 cm³/mol. The lowest BCUT2D eigenvalue weighted by molar-refractivity contribution is -0.118. The minimum atomic E-state index is -4.50. The first-order chi connectivity index (χ1) is 26.2. The summed E-state index contributed by atoms with van der Waals surface area (Å²) in [6.07, 6.45) is -9.90. The molecule has 6 N–H and O–H groups in total. The van der Waals surface area contributed by atoms with Crippen molar-refractivity contribution < 1.29 is 52.0 Å². The number of carbonyl (C=O) groups is 2. The summed E-state index contributed by atoms with van der Waals surface area (Å²) in [5.74, 6) is -1.57. The van der Waals surface area contributed by atoms with Crippen molar-refractivity contribution >= 4 is 64.4 Å². The molecule has 290 valence electrons. The summed E-state index contributed by atoms with van der Waals surface area (Å²) in [5.41, 5.74) is -3.16. The molecular formula is C31H31F2N10O10PS. The first-order valence-corrected chi connectivity index (χ1v) is 19.2. The van der Waals surface area contributed by atoms with E-state index in [4.69, 9.17) is 30.3 Å². The van der Waals surface area contributed by atoms with E-state index in [9.17, 15) is 29.5 Å². The molecule has 8 rings (SSSR count). The van der Waals surface area contributed by atoms with E-state index in [1.165, 1.54) is 10.9 Å². The van der Waals surface area contributed by atoms with Crippen molar-refractivity contribution in [1.29, 1.82) is 0 Å². The fourth-order valence-electron chi connectivity index (χ4n) is 6.36. The van der Waals surface area contributed by atoms with Crippen LogP contribution in [0.2, 0.25) is 0 Å². The van der Waals surface area contributed by atoms with Crippen molar-refractivity contribution in [3.63, 3.8) is 0 Å². The summed E-state index contributed by atoms with van der Waals surface area (Å²) in [6, 6.07) is 8.33. The fourth-order valence-corrected chi connectivity index (χ4v) is 7.77. The Kier molecular flexibility index (Phi) is 9.33. The maximum absolute atomic E-state index is 16.1. The van der Waals surface area contributed by atoms with E-state index >= 15 is 8.78 Å². The molecule has 3 aliphatic rings. The lowest BCUT2D eigenvalue weighted by Gasteiger charge is -2.29. The number of hydrogen-bond donors (Lipinski definition) is 6. The van der Waals surface area contributed by atoms with Gasteiger partial charge in [0.2, 0.25) is 11.9 Å². The van der Waals surface area contributed by atoms with Crippen molar-refractivity contribution in [3.8, 4) is 0 Å². The Hall–Kier alpha value is -4.71. The van der Waals surface area contributed by atoms with Crippen molar-refractivity contribution in [2.45, 2.75) is 68.7 Å². The number of alkyl halides is 2. The van der Waals surface area contributed by atoms with Crippen molar-refractivity contribution in [1.82, 2.24) is 39.0 Å². The molecule has 24 heteroatoms. The third kappa shape index (κ3) is 6.49. The minimum Gasteiger partial charge on any atom is -0.387 e. The van der Waals surface area contributed by atoms with Crippen LogP contribution < -0.4 is 16.2 Å². The van der Waals surface area contributed by atoms with E-state index in [0.29, 0.717) is 5.56 Å². The van der Waals surface area contributed by atoms with Gasteiger partial charge in [-0.15, -0.1) is 0 Å². The van der Waals surface area contributed by atoms with Crippen LogP contribution in [-0.4, -0.2) is 115 Å². The first kappa shape index (κ1) is 37.2. The monoisotopic (exact) mass is 804 g/mol. The lowest BCUT2D eigenvalue weighted by Crippen LogP contribution is -2.36. The van der Waals surface area contributed by atoms with Gasteiger partial charge >= 0.3 is 6.72 Å². The fraction of sp³-hybridized carbons (Fsp3) is 0.419. The van der Waals surface area contributed by atoms with Gasteiger partial charge in [-0.3, -0.25) is 38.3 Å². The topological polar surface area (TPSA) is 263 Å². The highest BCUT2D eigenvalue weighted by molar-refractivity contribution is 8.07. The van der Waals surface area contributed by atoms with Gasteiger partial charge in [0, 0.05) is 11.5 Å². The summed E-state index contributed by atoms with van der Waals surface area (Å²) >= 11 is 5.17. The third-order valence-electron chi connectivity index (χ3n) is 9.36. The van der Waals surface area contributed by atoms with Gasteiger partial charge in [0.25, 0.3) is 11.5 Å². The standard InChI is InChI=1S/C31H31F2N10O10PS/c1-12(2)25(46)40-30-39-24-17(27(48)41-30)37-11-43(24)29-21(31(33)19(45)20(31)52-29)53-54(49,55)50-8-14-18(44)15(32)28(51-14)42-10-36-16-22(34-9-35-23(16)42)38-26(47)13-6-4-3-5-7-13/h3-7,9-12,14-15,18-21,28-29,44-45H,8H2,1-2H3,(H,49,55)(H,34,35,38,47)(H2,39,40,41,46,48)/t14-,15+,18-,19?,20-,21-,28-,29-,31-,54?/m1/s1. The number of benzene rings is 1. The molecule has 2 saturated heterocycles. The largest absolute Gasteiger partial charge is 0.387 e. The summed E-state index contributed by atoms with van der Waals surface area (Å²) in [6.45, 7) is -1.99. The van der Waals surface area contributed by atoms with Crippen molar-refractivity contribution in [2.24, 2.45) is 5.92 Å². The molecule has 1 aromatic carbocycles. The molecule has 20 nitrogen and oxygen atoms in total. The molecule has 6 heterocycles. The summed E-state index contributed by atoms with van der Waals surface area (Å²) < 4.78 is 56.4. The number of hydrogen-bond acceptors (Lipinski definition) is 15. The molecule has 0 spiro atoms. The Morgan fingerprint density at radius 3 is 2.49 bits per heavy atom. The number of amides is 2. The molecule has 3 fully saturated rings. The van der Waals surface area contributed by atoms with Gasteiger partial charge in [-0.05, 0) is 23.9 Å². The summed E-state index contributed by atoms with van der Waals surface area (Å²) in [7, 11) is 0. The van der Waals surface area contributed by atoms with E-state index in [-0.39, 0.29) is 34.1 Å². The van der Waals surface area contributed by atoms with Gasteiger partial charge in [-0.2, -0.15) is 4.98 Å². The van der Waals surface area contributed by atoms with Gasteiger partial charge in [-0.25, -0.2) is 28.7 Å². The van der Waals surface area contributed by atoms with E-state index in [0.717, 1.165) is 17.2 Å². The van der Waals surface area contributed by atoms with Crippen LogP contribution in [-0.2, 0) is 35.1 Å². The number of nitrogens with one attached hydrogen (secondary N) is 3. The number of aliphatic hydroxyl groups excluding tert-OH is 2. The van der Waals surface area contributed by atoms with Gasteiger partial charge < -0.3 is 34.4 Å². The molecule has 2 unspecified atom stereocenters. The average Bonchev–Trinajstić information content (AvgIpc) is 3.70. The third-order valence-corrected chi connectivity index (χ3v) is 10.9. The van der Waals surface area contributed by atoms with Crippen molar-refractivity contribution in [3.05, 3.63) is 65.2 Å². The average molecular weight is 805 g/mol. The zero-order chi connectivity index (χ0) is 39.0. The lowest BCUT2D eigenvalue weighted by atomic mass is 10.1. The van der Waals surface area contributed by atoms with E-state index in [1.54, 1.807) is 44.2 Å². The maximum atomic E-state index is 16.1. The smallest absolute Gasteiger partial charge is 0.325 e. The second-order valence-corrected chi connectivity index (χ2v) is 16.0. The maximum Gasteiger partial charge on any atom is 0.325 e. The van der Waals surface area contributed by atoms with Crippen LogP contribution in [0.3, 0.4) is 0 Å². The highest BCUT2D eigenvalue weighted by Crippen LogP contribution is 2.62. The van der Waals surface area contributed by atoms with E-state index in [1.807, 2.05) is 0 Å². The van der Waals surface area contributed by atoms with E-state index < -0.39 is 91.4 Å². The number of anilines is 2. The number of H-pyrrole nitrogens is 1. The Bertz CT molecular complexity index is 2420. The number of aromatic amines is 1. The highest BCUT2D eigenvalue weighted by Gasteiger charge is 2.80. The van der Waals surface area contributed by atoms with E-state index in [2.05, 4.69) is 40.5 Å². The minimum absolute atomic E-state index is 0.0389. The number of ether oxygens (including phenoxy) is 2. The molecule has 1 saturated carbocycles. The molecule has 2 amide bonds.